The van der Waals surface area contributed by atoms with Crippen molar-refractivity contribution in [3.63, 3.8) is 0 Å². The van der Waals surface area contributed by atoms with Gasteiger partial charge >= 0.3 is 0 Å². The van der Waals surface area contributed by atoms with Crippen LogP contribution in [-0.2, 0) is 0 Å². The number of rotatable bonds is 3. The lowest BCUT2D eigenvalue weighted by molar-refractivity contribution is 0.310. The Hall–Kier alpha value is -2.25. The lowest BCUT2D eigenvalue weighted by Gasteiger charge is -2.21. The molecular weight excluding hydrogens is 417 g/mol. The van der Waals surface area contributed by atoms with Gasteiger partial charge in [0.1, 0.15) is 23.4 Å². The smallest absolute Gasteiger partial charge is 0.170 e. The molecule has 1 fully saturated rings. The second kappa shape index (κ2) is 6.81. The number of benzene rings is 1. The highest BCUT2D eigenvalue weighted by molar-refractivity contribution is 9.10. The molecule has 3 heterocycles. The molecule has 1 aliphatic rings. The van der Waals surface area contributed by atoms with E-state index in [1.807, 2.05) is 36.2 Å². The Morgan fingerprint density at radius 2 is 2.08 bits per heavy atom. The molecule has 0 spiro atoms. The third-order valence-corrected chi connectivity index (χ3v) is 5.35. The van der Waals surface area contributed by atoms with Crippen LogP contribution >= 0.6 is 28.1 Å². The number of aromatic nitrogens is 1. The quantitative estimate of drug-likeness (QED) is 0.600. The van der Waals surface area contributed by atoms with E-state index in [9.17, 15) is 4.39 Å². The predicted molar refractivity (Wildman–Crippen MR) is 105 cm³/mol. The molecule has 2 aromatic heterocycles. The molecule has 1 aliphatic heterocycles. The van der Waals surface area contributed by atoms with Gasteiger partial charge in [0.15, 0.2) is 5.11 Å². The maximum Gasteiger partial charge on any atom is 0.170 e. The second-order valence-electron chi connectivity index (χ2n) is 6.06. The molecule has 1 N–H and O–H groups in total. The van der Waals surface area contributed by atoms with Crippen molar-refractivity contribution in [1.29, 1.82) is 0 Å². The van der Waals surface area contributed by atoms with Crippen molar-refractivity contribution in [1.82, 2.24) is 15.2 Å². The minimum Gasteiger partial charge on any atom is -0.459 e. The van der Waals surface area contributed by atoms with E-state index in [1.165, 1.54) is 6.07 Å². The highest BCUT2D eigenvalue weighted by atomic mass is 79.9. The normalized spacial score (nSPS) is 19.7. The van der Waals surface area contributed by atoms with Crippen LogP contribution in [0.3, 0.4) is 0 Å². The molecule has 4 rings (SSSR count). The zero-order valence-electron chi connectivity index (χ0n) is 13.8. The van der Waals surface area contributed by atoms with E-state index in [0.717, 1.165) is 5.69 Å². The van der Waals surface area contributed by atoms with Gasteiger partial charge in [-0.1, -0.05) is 22.0 Å². The van der Waals surface area contributed by atoms with Crippen LogP contribution in [0.4, 0.5) is 4.39 Å². The van der Waals surface area contributed by atoms with Crippen LogP contribution in [0, 0.1) is 5.82 Å². The first kappa shape index (κ1) is 17.2. The van der Waals surface area contributed by atoms with Crippen LogP contribution in [0.2, 0.25) is 0 Å². The monoisotopic (exact) mass is 431 g/mol. The minimum atomic E-state index is -0.338. The van der Waals surface area contributed by atoms with Gasteiger partial charge in [0.2, 0.25) is 0 Å². The Labute approximate surface area is 164 Å². The molecule has 0 radical (unpaired) electrons. The van der Waals surface area contributed by atoms with Crippen LogP contribution in [-0.4, -0.2) is 22.0 Å². The Kier molecular flexibility index (Phi) is 4.50. The van der Waals surface area contributed by atoms with E-state index in [0.29, 0.717) is 26.7 Å². The number of nitrogens with zero attached hydrogens (tertiary/aromatic N) is 2. The van der Waals surface area contributed by atoms with Gasteiger partial charge in [-0.15, -0.1) is 0 Å². The van der Waals surface area contributed by atoms with Crippen molar-refractivity contribution >= 4 is 33.3 Å². The number of pyridine rings is 1. The molecular formula is C19H15BrFN3OS. The maximum atomic E-state index is 14.3. The lowest BCUT2D eigenvalue weighted by Crippen LogP contribution is -2.24. The largest absolute Gasteiger partial charge is 0.459 e. The predicted octanol–water partition coefficient (Wildman–Crippen LogP) is 4.85. The van der Waals surface area contributed by atoms with E-state index in [2.05, 4.69) is 26.2 Å². The molecule has 0 bridgehead atoms. The van der Waals surface area contributed by atoms with Crippen molar-refractivity contribution in [2.75, 3.05) is 7.05 Å². The zero-order valence-corrected chi connectivity index (χ0v) is 16.2. The molecule has 1 aromatic carbocycles. The summed E-state index contributed by atoms with van der Waals surface area (Å²) in [6, 6.07) is 14.0. The molecule has 0 aliphatic carbocycles. The number of thiocarbonyl (C=S) groups is 1. The Bertz CT molecular complexity index is 962. The van der Waals surface area contributed by atoms with E-state index < -0.39 is 0 Å². The van der Waals surface area contributed by atoms with Gasteiger partial charge < -0.3 is 14.6 Å². The SMILES string of the molecule is CN1C(=S)NC(c2ccccn2)C1c1ccc(-c2ccc(Br)cc2F)o1. The number of hydrogen-bond acceptors (Lipinski definition) is 3. The van der Waals surface area contributed by atoms with Crippen LogP contribution in [0.1, 0.15) is 23.5 Å². The first-order valence-electron chi connectivity index (χ1n) is 8.04. The molecule has 3 aromatic rings. The standard InChI is InChI=1S/C19H15BrFN3OS/c1-24-18(17(23-19(24)26)14-4-2-3-9-22-14)16-8-7-15(25-16)12-6-5-11(20)10-13(12)21/h2-10,17-18H,1H3,(H,23,26). The summed E-state index contributed by atoms with van der Waals surface area (Å²) in [5, 5.41) is 3.91. The van der Waals surface area contributed by atoms with Gasteiger partial charge in [-0.25, -0.2) is 4.39 Å². The Balaban J connectivity index is 1.72. The van der Waals surface area contributed by atoms with E-state index in [-0.39, 0.29) is 17.9 Å². The fraction of sp³-hybridized carbons (Fsp3) is 0.158. The molecule has 132 valence electrons. The number of hydrogen-bond donors (Lipinski definition) is 1. The number of halogens is 2. The first-order chi connectivity index (χ1) is 12.5. The van der Waals surface area contributed by atoms with E-state index in [1.54, 1.807) is 24.4 Å². The van der Waals surface area contributed by atoms with Crippen molar-refractivity contribution in [3.8, 4) is 11.3 Å². The fourth-order valence-corrected chi connectivity index (χ4v) is 3.73. The minimum absolute atomic E-state index is 0.137. The van der Waals surface area contributed by atoms with Crippen LogP contribution in [0.15, 0.2) is 63.6 Å². The van der Waals surface area contributed by atoms with Gasteiger partial charge in [-0.2, -0.15) is 0 Å². The zero-order chi connectivity index (χ0) is 18.3. The van der Waals surface area contributed by atoms with Gasteiger partial charge in [-0.3, -0.25) is 4.98 Å². The Morgan fingerprint density at radius 1 is 1.23 bits per heavy atom. The van der Waals surface area contributed by atoms with Gasteiger partial charge in [-0.05, 0) is 54.7 Å². The van der Waals surface area contributed by atoms with Crippen molar-refractivity contribution in [2.24, 2.45) is 0 Å². The fourth-order valence-electron chi connectivity index (χ4n) is 3.16. The Morgan fingerprint density at radius 3 is 2.81 bits per heavy atom. The lowest BCUT2D eigenvalue weighted by atomic mass is 10.0. The van der Waals surface area contributed by atoms with Gasteiger partial charge in [0, 0.05) is 17.7 Å². The molecule has 2 atom stereocenters. The second-order valence-corrected chi connectivity index (χ2v) is 7.37. The highest BCUT2D eigenvalue weighted by Gasteiger charge is 2.39. The van der Waals surface area contributed by atoms with Crippen molar-refractivity contribution in [3.05, 3.63) is 76.5 Å². The summed E-state index contributed by atoms with van der Waals surface area (Å²) in [7, 11) is 1.91. The molecule has 4 nitrogen and oxygen atoms in total. The summed E-state index contributed by atoms with van der Waals surface area (Å²) in [5.74, 6) is 0.846. The highest BCUT2D eigenvalue weighted by Crippen LogP contribution is 2.39. The topological polar surface area (TPSA) is 41.3 Å². The summed E-state index contributed by atoms with van der Waals surface area (Å²) in [4.78, 5) is 6.38. The van der Waals surface area contributed by atoms with Crippen LogP contribution in [0.5, 0.6) is 0 Å². The van der Waals surface area contributed by atoms with Crippen LogP contribution in [0.25, 0.3) is 11.3 Å². The average Bonchev–Trinajstić information content (AvgIpc) is 3.21. The average molecular weight is 432 g/mol. The number of nitrogens with one attached hydrogen (secondary N) is 1. The van der Waals surface area contributed by atoms with Gasteiger partial charge in [0.05, 0.1) is 17.3 Å². The summed E-state index contributed by atoms with van der Waals surface area (Å²) >= 11 is 8.68. The summed E-state index contributed by atoms with van der Waals surface area (Å²) < 4.78 is 21.0. The van der Waals surface area contributed by atoms with E-state index in [4.69, 9.17) is 16.6 Å². The van der Waals surface area contributed by atoms with Gasteiger partial charge in [0.25, 0.3) is 0 Å². The summed E-state index contributed by atoms with van der Waals surface area (Å²) in [6.07, 6.45) is 1.75. The molecule has 2 unspecified atom stereocenters. The van der Waals surface area contributed by atoms with E-state index >= 15 is 0 Å². The van der Waals surface area contributed by atoms with Crippen LogP contribution < -0.4 is 5.32 Å². The molecule has 1 saturated heterocycles. The third-order valence-electron chi connectivity index (χ3n) is 4.45. The molecule has 0 amide bonds. The molecule has 7 heteroatoms. The number of likely N-dealkylation sites (N-methyl/N-ethyl adjacent to an activating group) is 1. The summed E-state index contributed by atoms with van der Waals surface area (Å²) in [5.41, 5.74) is 1.29. The number of furan rings is 1. The van der Waals surface area contributed by atoms with Crippen molar-refractivity contribution < 1.29 is 8.81 Å². The maximum absolute atomic E-state index is 14.3. The molecule has 0 saturated carbocycles. The molecule has 26 heavy (non-hydrogen) atoms. The van der Waals surface area contributed by atoms with Crippen molar-refractivity contribution in [2.45, 2.75) is 12.1 Å². The third kappa shape index (κ3) is 3.01. The first-order valence-corrected chi connectivity index (χ1v) is 9.24. The summed E-state index contributed by atoms with van der Waals surface area (Å²) in [6.45, 7) is 0.